The molecular formula is C17H27N7O10. The number of aliphatic carboxylic acids is 2. The number of nitrogens with two attached hydrogens (primary N) is 4. The number of rotatable bonds is 16. The van der Waals surface area contributed by atoms with E-state index in [1.807, 2.05) is 10.6 Å². The van der Waals surface area contributed by atoms with Crippen molar-refractivity contribution in [3.8, 4) is 0 Å². The molecule has 6 amide bonds. The third kappa shape index (κ3) is 11.9. The van der Waals surface area contributed by atoms with E-state index in [-0.39, 0.29) is 0 Å². The molecule has 0 aliphatic rings. The minimum atomic E-state index is -1.78. The van der Waals surface area contributed by atoms with Gasteiger partial charge in [-0.1, -0.05) is 0 Å². The van der Waals surface area contributed by atoms with E-state index in [1.165, 1.54) is 0 Å². The average molecular weight is 489 g/mol. The van der Waals surface area contributed by atoms with Crippen LogP contribution in [0.15, 0.2) is 0 Å². The highest BCUT2D eigenvalue weighted by atomic mass is 16.4. The van der Waals surface area contributed by atoms with Crippen LogP contribution in [0.3, 0.4) is 0 Å². The standard InChI is InChI=1S/C17H27N7O10/c18-6(3-11(20)26)14(30)23-8(5-13(28)29)16(32)22-7(1-2-10(19)25)15(31)24-9(17(33)34)4-12(21)27/h6-9H,1-5,18H2,(H2,19,25)(H2,20,26)(H2,21,27)(H,22,32)(H,23,30)(H,24,31)(H,28,29)(H,33,34). The molecule has 34 heavy (non-hydrogen) atoms. The molecule has 0 rings (SSSR count). The van der Waals surface area contributed by atoms with Gasteiger partial charge in [0, 0.05) is 6.42 Å². The summed E-state index contributed by atoms with van der Waals surface area (Å²) in [7, 11) is 0. The number of amides is 6. The Hall–Kier alpha value is -4.28. The predicted octanol–water partition coefficient (Wildman–Crippen LogP) is -5.66. The Morgan fingerprint density at radius 2 is 1.09 bits per heavy atom. The summed E-state index contributed by atoms with van der Waals surface area (Å²) < 4.78 is 0. The summed E-state index contributed by atoms with van der Waals surface area (Å²) >= 11 is 0. The van der Waals surface area contributed by atoms with Crippen LogP contribution in [0.2, 0.25) is 0 Å². The molecule has 0 aromatic heterocycles. The maximum atomic E-state index is 12.6. The van der Waals surface area contributed by atoms with Crippen LogP contribution in [0.5, 0.6) is 0 Å². The zero-order valence-corrected chi connectivity index (χ0v) is 17.8. The summed E-state index contributed by atoms with van der Waals surface area (Å²) in [6, 6.07) is -6.67. The Bertz CT molecular complexity index is 847. The number of carboxylic acids is 2. The highest BCUT2D eigenvalue weighted by Crippen LogP contribution is 2.03. The normalized spacial score (nSPS) is 13.9. The number of hydrogen-bond acceptors (Lipinski definition) is 9. The Labute approximate surface area is 191 Å². The van der Waals surface area contributed by atoms with Crippen molar-refractivity contribution in [1.82, 2.24) is 16.0 Å². The molecule has 0 saturated carbocycles. The zero-order chi connectivity index (χ0) is 26.6. The lowest BCUT2D eigenvalue weighted by Crippen LogP contribution is -2.58. The van der Waals surface area contributed by atoms with Crippen molar-refractivity contribution >= 4 is 47.4 Å². The monoisotopic (exact) mass is 489 g/mol. The maximum absolute atomic E-state index is 12.6. The number of primary amides is 3. The first kappa shape index (κ1) is 29.7. The number of nitrogens with one attached hydrogen (secondary N) is 3. The first-order valence-electron chi connectivity index (χ1n) is 9.60. The Kier molecular flexibility index (Phi) is 12.2. The molecule has 0 fully saturated rings. The molecule has 17 nitrogen and oxygen atoms in total. The lowest BCUT2D eigenvalue weighted by atomic mass is 10.1. The first-order valence-corrected chi connectivity index (χ1v) is 9.60. The van der Waals surface area contributed by atoms with Crippen molar-refractivity contribution in [2.75, 3.05) is 0 Å². The molecular weight excluding hydrogens is 462 g/mol. The van der Waals surface area contributed by atoms with Crippen molar-refractivity contribution in [2.24, 2.45) is 22.9 Å². The fraction of sp³-hybridized carbons (Fsp3) is 0.529. The summed E-state index contributed by atoms with van der Waals surface area (Å²) in [6.45, 7) is 0. The maximum Gasteiger partial charge on any atom is 0.326 e. The van der Waals surface area contributed by atoms with E-state index in [0.717, 1.165) is 0 Å². The third-order valence-electron chi connectivity index (χ3n) is 4.10. The van der Waals surface area contributed by atoms with E-state index in [2.05, 4.69) is 5.32 Å². The summed E-state index contributed by atoms with van der Waals surface area (Å²) in [6.07, 6.45) is -3.25. The minimum Gasteiger partial charge on any atom is -0.481 e. The molecule has 190 valence electrons. The average Bonchev–Trinajstić information content (AvgIpc) is 2.68. The smallest absolute Gasteiger partial charge is 0.326 e. The molecule has 0 aromatic carbocycles. The van der Waals surface area contributed by atoms with Crippen molar-refractivity contribution in [3.05, 3.63) is 0 Å². The van der Waals surface area contributed by atoms with Crippen molar-refractivity contribution in [2.45, 2.75) is 56.3 Å². The SMILES string of the molecule is NC(=O)CCC(NC(=O)C(CC(=O)O)NC(=O)C(N)CC(N)=O)C(=O)NC(CC(N)=O)C(=O)O. The Morgan fingerprint density at radius 3 is 1.53 bits per heavy atom. The van der Waals surface area contributed by atoms with Crippen LogP contribution in [0, 0.1) is 0 Å². The van der Waals surface area contributed by atoms with Gasteiger partial charge in [0.05, 0.1) is 25.3 Å². The lowest BCUT2D eigenvalue weighted by molar-refractivity contribution is -0.144. The van der Waals surface area contributed by atoms with Gasteiger partial charge in [0.1, 0.15) is 18.1 Å². The zero-order valence-electron chi connectivity index (χ0n) is 17.8. The summed E-state index contributed by atoms with van der Waals surface area (Å²) in [5, 5.41) is 24.2. The molecule has 0 saturated heterocycles. The third-order valence-corrected chi connectivity index (χ3v) is 4.10. The highest BCUT2D eigenvalue weighted by Gasteiger charge is 2.32. The fourth-order valence-corrected chi connectivity index (χ4v) is 2.47. The van der Waals surface area contributed by atoms with Crippen molar-refractivity contribution in [1.29, 1.82) is 0 Å². The molecule has 4 atom stereocenters. The van der Waals surface area contributed by atoms with Crippen LogP contribution in [0.25, 0.3) is 0 Å². The summed E-state index contributed by atoms with van der Waals surface area (Å²) in [5.41, 5.74) is 20.3. The summed E-state index contributed by atoms with van der Waals surface area (Å²) in [4.78, 5) is 92.6. The molecule has 0 spiro atoms. The van der Waals surface area contributed by atoms with Gasteiger partial charge in [-0.25, -0.2) is 4.79 Å². The molecule has 0 aliphatic heterocycles. The van der Waals surface area contributed by atoms with Gasteiger partial charge < -0.3 is 49.1 Å². The van der Waals surface area contributed by atoms with E-state index in [0.29, 0.717) is 0 Å². The van der Waals surface area contributed by atoms with Crippen molar-refractivity contribution in [3.63, 3.8) is 0 Å². The Balaban J connectivity index is 5.63. The van der Waals surface area contributed by atoms with E-state index < -0.39 is 104 Å². The van der Waals surface area contributed by atoms with Crippen LogP contribution >= 0.6 is 0 Å². The van der Waals surface area contributed by atoms with Crippen LogP contribution < -0.4 is 38.9 Å². The topological polar surface area (TPSA) is 317 Å². The van der Waals surface area contributed by atoms with Gasteiger partial charge in [-0.3, -0.25) is 33.6 Å². The van der Waals surface area contributed by atoms with Gasteiger partial charge in [-0.05, 0) is 6.42 Å². The largest absolute Gasteiger partial charge is 0.481 e. The second kappa shape index (κ2) is 14.0. The molecule has 0 aliphatic carbocycles. The second-order valence-electron chi connectivity index (χ2n) is 7.07. The van der Waals surface area contributed by atoms with Gasteiger partial charge in [-0.2, -0.15) is 0 Å². The molecule has 17 heteroatoms. The van der Waals surface area contributed by atoms with E-state index in [4.69, 9.17) is 33.1 Å². The van der Waals surface area contributed by atoms with Gasteiger partial charge in [-0.15, -0.1) is 0 Å². The van der Waals surface area contributed by atoms with Gasteiger partial charge >= 0.3 is 11.9 Å². The van der Waals surface area contributed by atoms with Gasteiger partial charge in [0.2, 0.25) is 35.4 Å². The molecule has 0 heterocycles. The number of carbonyl (C=O) groups excluding carboxylic acids is 6. The predicted molar refractivity (Wildman–Crippen MR) is 110 cm³/mol. The summed E-state index contributed by atoms with van der Waals surface area (Å²) in [5.74, 6) is -9.49. The van der Waals surface area contributed by atoms with E-state index in [9.17, 15) is 38.4 Å². The number of carboxylic acid groups (broad SMARTS) is 2. The molecule has 0 radical (unpaired) electrons. The fourth-order valence-electron chi connectivity index (χ4n) is 2.47. The van der Waals surface area contributed by atoms with Gasteiger partial charge in [0.25, 0.3) is 0 Å². The van der Waals surface area contributed by atoms with Crippen LogP contribution in [0.4, 0.5) is 0 Å². The quantitative estimate of drug-likeness (QED) is 0.0983. The van der Waals surface area contributed by atoms with Crippen LogP contribution in [-0.2, 0) is 38.4 Å². The lowest BCUT2D eigenvalue weighted by Gasteiger charge is -2.24. The Morgan fingerprint density at radius 1 is 0.618 bits per heavy atom. The van der Waals surface area contributed by atoms with Gasteiger partial charge in [0.15, 0.2) is 0 Å². The molecule has 0 bridgehead atoms. The number of carbonyl (C=O) groups is 8. The molecule has 0 aromatic rings. The van der Waals surface area contributed by atoms with E-state index in [1.54, 1.807) is 0 Å². The van der Waals surface area contributed by atoms with Crippen molar-refractivity contribution < 1.29 is 48.6 Å². The van der Waals surface area contributed by atoms with Crippen LogP contribution in [0.1, 0.15) is 32.1 Å². The number of hydrogen-bond donors (Lipinski definition) is 9. The van der Waals surface area contributed by atoms with E-state index >= 15 is 0 Å². The first-order chi connectivity index (χ1) is 15.6. The minimum absolute atomic E-state index is 0.440. The van der Waals surface area contributed by atoms with Crippen LogP contribution in [-0.4, -0.2) is 81.8 Å². The highest BCUT2D eigenvalue weighted by molar-refractivity contribution is 5.97. The second-order valence-corrected chi connectivity index (χ2v) is 7.07. The molecule has 4 unspecified atom stereocenters. The molecule has 13 N–H and O–H groups in total.